The number of piperidine rings is 2. The Bertz CT molecular complexity index is 921. The lowest BCUT2D eigenvalue weighted by Gasteiger charge is -2.39. The summed E-state index contributed by atoms with van der Waals surface area (Å²) < 4.78 is 7.89. The molecule has 3 heterocycles. The summed E-state index contributed by atoms with van der Waals surface area (Å²) in [5.41, 5.74) is 1.68. The third kappa shape index (κ3) is 5.05. The van der Waals surface area contributed by atoms with Crippen LogP contribution in [0.2, 0.25) is 0 Å². The van der Waals surface area contributed by atoms with Crippen LogP contribution in [0.1, 0.15) is 71.5 Å². The Morgan fingerprint density at radius 1 is 1.10 bits per heavy atom. The van der Waals surface area contributed by atoms with Gasteiger partial charge in [0, 0.05) is 31.2 Å². The molecule has 31 heavy (non-hydrogen) atoms. The molecule has 0 N–H and O–H groups in total. The van der Waals surface area contributed by atoms with E-state index in [2.05, 4.69) is 54.9 Å². The fraction of sp³-hybridized carbons (Fsp3) is 0.680. The zero-order chi connectivity index (χ0) is 22.3. The lowest BCUT2D eigenvalue weighted by atomic mass is 9.90. The van der Waals surface area contributed by atoms with E-state index in [0.717, 1.165) is 55.4 Å². The van der Waals surface area contributed by atoms with E-state index in [1.165, 1.54) is 0 Å². The van der Waals surface area contributed by atoms with Gasteiger partial charge in [0.25, 0.3) is 0 Å². The number of fused-ring (bicyclic) bond motifs is 1. The van der Waals surface area contributed by atoms with Crippen LogP contribution < -0.4 is 0 Å². The Morgan fingerprint density at radius 2 is 1.87 bits per heavy atom. The third-order valence-corrected chi connectivity index (χ3v) is 6.57. The van der Waals surface area contributed by atoms with Crippen LogP contribution >= 0.6 is 0 Å². The topological polar surface area (TPSA) is 50.6 Å². The molecule has 0 bridgehead atoms. The number of hydrogen-bond acceptors (Lipinski definition) is 4. The molecule has 0 unspecified atom stereocenters. The molecule has 6 heteroatoms. The molecule has 2 aliphatic heterocycles. The Morgan fingerprint density at radius 3 is 2.58 bits per heavy atom. The Hall–Kier alpha value is -2.08. The van der Waals surface area contributed by atoms with Crippen LogP contribution in [-0.2, 0) is 4.74 Å². The van der Waals surface area contributed by atoms with E-state index in [4.69, 9.17) is 9.84 Å². The number of likely N-dealkylation sites (N-methyl/N-ethyl adjacent to an activating group) is 1. The number of carbonyl (C=O) groups is 1. The van der Waals surface area contributed by atoms with Crippen molar-refractivity contribution in [3.63, 3.8) is 0 Å². The second kappa shape index (κ2) is 8.45. The van der Waals surface area contributed by atoms with Crippen molar-refractivity contribution < 1.29 is 9.53 Å². The van der Waals surface area contributed by atoms with Crippen molar-refractivity contribution in [2.24, 2.45) is 11.8 Å². The summed E-state index contributed by atoms with van der Waals surface area (Å²) >= 11 is 0. The third-order valence-electron chi connectivity index (χ3n) is 6.57. The molecular weight excluding hydrogens is 388 g/mol. The van der Waals surface area contributed by atoms with Crippen molar-refractivity contribution in [2.45, 2.75) is 71.6 Å². The van der Waals surface area contributed by atoms with E-state index in [1.54, 1.807) is 0 Å². The van der Waals surface area contributed by atoms with Gasteiger partial charge in [-0.2, -0.15) is 5.10 Å². The first kappa shape index (κ1) is 22.1. The van der Waals surface area contributed by atoms with Crippen LogP contribution in [0.5, 0.6) is 0 Å². The smallest absolute Gasteiger partial charge is 0.410 e. The van der Waals surface area contributed by atoms with Gasteiger partial charge in [-0.15, -0.1) is 0 Å². The molecule has 2 saturated heterocycles. The molecular formula is C25H38N4O2. The maximum absolute atomic E-state index is 13.0. The number of aromatic nitrogens is 2. The zero-order valence-electron chi connectivity index (χ0n) is 20.0. The lowest BCUT2D eigenvalue weighted by molar-refractivity contribution is 0.00365. The van der Waals surface area contributed by atoms with E-state index in [9.17, 15) is 4.79 Å². The number of hydrogen-bond donors (Lipinski definition) is 0. The SMILES string of the molecule is C[C@@H]1C[C@@H](n2cc3ccc([C@H]4CC[C@H](C)CN4C(=O)OC(C)(C)C)cc3n2)CN(C)C1. The highest BCUT2D eigenvalue weighted by atomic mass is 16.6. The maximum atomic E-state index is 13.0. The van der Waals surface area contributed by atoms with Gasteiger partial charge in [0.05, 0.1) is 17.6 Å². The molecule has 0 aliphatic carbocycles. The number of benzene rings is 1. The van der Waals surface area contributed by atoms with Crippen molar-refractivity contribution >= 4 is 17.0 Å². The normalized spacial score (nSPS) is 28.1. The molecule has 1 aromatic heterocycles. The first-order valence-corrected chi connectivity index (χ1v) is 11.8. The second-order valence-corrected chi connectivity index (χ2v) is 11.0. The number of amides is 1. The zero-order valence-corrected chi connectivity index (χ0v) is 20.0. The summed E-state index contributed by atoms with van der Waals surface area (Å²) in [6.45, 7) is 13.2. The Labute approximate surface area is 186 Å². The minimum absolute atomic E-state index is 0.0430. The molecule has 0 saturated carbocycles. The van der Waals surface area contributed by atoms with Gasteiger partial charge >= 0.3 is 6.09 Å². The lowest BCUT2D eigenvalue weighted by Crippen LogP contribution is -2.44. The van der Waals surface area contributed by atoms with Crippen molar-refractivity contribution in [3.8, 4) is 0 Å². The van der Waals surface area contributed by atoms with Crippen LogP contribution in [0.15, 0.2) is 24.4 Å². The maximum Gasteiger partial charge on any atom is 0.410 e. The average molecular weight is 427 g/mol. The van der Waals surface area contributed by atoms with Gasteiger partial charge in [-0.1, -0.05) is 26.0 Å². The molecule has 1 amide bonds. The average Bonchev–Trinajstić information content (AvgIpc) is 3.09. The van der Waals surface area contributed by atoms with Gasteiger partial charge in [0.15, 0.2) is 0 Å². The second-order valence-electron chi connectivity index (χ2n) is 11.0. The highest BCUT2D eigenvalue weighted by Gasteiger charge is 2.34. The van der Waals surface area contributed by atoms with Gasteiger partial charge in [-0.3, -0.25) is 4.68 Å². The van der Waals surface area contributed by atoms with Gasteiger partial charge in [-0.25, -0.2) is 4.79 Å². The van der Waals surface area contributed by atoms with E-state index >= 15 is 0 Å². The monoisotopic (exact) mass is 426 g/mol. The van der Waals surface area contributed by atoms with Crippen LogP contribution in [0.3, 0.4) is 0 Å². The van der Waals surface area contributed by atoms with E-state index in [-0.39, 0.29) is 12.1 Å². The first-order valence-electron chi connectivity index (χ1n) is 11.8. The van der Waals surface area contributed by atoms with E-state index < -0.39 is 5.60 Å². The Kier molecular flexibility index (Phi) is 6.03. The standard InChI is InChI=1S/C25H38N4O2/c1-17-7-10-23(28(14-17)24(30)31-25(3,4)5)19-8-9-20-15-29(26-22(20)12-19)21-11-18(2)13-27(6)16-21/h8-9,12,15,17-18,21,23H,7,10-11,13-14,16H2,1-6H3/t17-,18+,21+,23+/m0/s1. The van der Waals surface area contributed by atoms with Crippen molar-refractivity contribution in [3.05, 3.63) is 30.0 Å². The molecule has 170 valence electrons. The van der Waals surface area contributed by atoms with Crippen molar-refractivity contribution in [2.75, 3.05) is 26.7 Å². The molecule has 6 nitrogen and oxygen atoms in total. The highest BCUT2D eigenvalue weighted by molar-refractivity contribution is 5.79. The van der Waals surface area contributed by atoms with Crippen LogP contribution in [0.4, 0.5) is 4.79 Å². The fourth-order valence-corrected chi connectivity index (χ4v) is 5.24. The number of carbonyl (C=O) groups excluding carboxylic acids is 1. The number of nitrogens with zero attached hydrogens (tertiary/aromatic N) is 4. The fourth-order valence-electron chi connectivity index (χ4n) is 5.24. The van der Waals surface area contributed by atoms with Gasteiger partial charge in [-0.05, 0) is 70.5 Å². The molecule has 0 radical (unpaired) electrons. The summed E-state index contributed by atoms with van der Waals surface area (Å²) in [6.07, 6.45) is 5.21. The molecule has 1 aromatic carbocycles. The van der Waals surface area contributed by atoms with Crippen molar-refractivity contribution in [1.82, 2.24) is 19.6 Å². The highest BCUT2D eigenvalue weighted by Crippen LogP contribution is 2.36. The first-order chi connectivity index (χ1) is 14.6. The summed E-state index contributed by atoms with van der Waals surface area (Å²) in [4.78, 5) is 17.3. The molecule has 0 spiro atoms. The van der Waals surface area contributed by atoms with Crippen LogP contribution in [0, 0.1) is 11.8 Å². The molecule has 2 fully saturated rings. The van der Waals surface area contributed by atoms with Gasteiger partial charge in [0.1, 0.15) is 5.60 Å². The minimum Gasteiger partial charge on any atom is -0.444 e. The number of rotatable bonds is 2. The summed E-state index contributed by atoms with van der Waals surface area (Å²) in [5.74, 6) is 1.16. The predicted molar refractivity (Wildman–Crippen MR) is 124 cm³/mol. The summed E-state index contributed by atoms with van der Waals surface area (Å²) in [7, 11) is 2.19. The van der Waals surface area contributed by atoms with E-state index in [0.29, 0.717) is 17.9 Å². The molecule has 2 aromatic rings. The molecule has 2 aliphatic rings. The molecule has 4 atom stereocenters. The number of ether oxygens (including phenoxy) is 1. The van der Waals surface area contributed by atoms with Gasteiger partial charge in [0.2, 0.25) is 0 Å². The van der Waals surface area contributed by atoms with Crippen molar-refractivity contribution in [1.29, 1.82) is 0 Å². The summed E-state index contributed by atoms with van der Waals surface area (Å²) in [5, 5.41) is 6.12. The predicted octanol–water partition coefficient (Wildman–Crippen LogP) is 5.26. The minimum atomic E-state index is -0.491. The quantitative estimate of drug-likeness (QED) is 0.657. The largest absolute Gasteiger partial charge is 0.444 e. The van der Waals surface area contributed by atoms with E-state index in [1.807, 2.05) is 25.7 Å². The summed E-state index contributed by atoms with van der Waals surface area (Å²) in [6, 6.07) is 6.97. The Balaban J connectivity index is 1.59. The van der Waals surface area contributed by atoms with Gasteiger partial charge < -0.3 is 14.5 Å². The van der Waals surface area contributed by atoms with Crippen LogP contribution in [0.25, 0.3) is 10.9 Å². The van der Waals surface area contributed by atoms with Crippen LogP contribution in [-0.4, -0.2) is 58.0 Å². The number of likely N-dealkylation sites (tertiary alicyclic amines) is 2. The molecule has 4 rings (SSSR count).